The van der Waals surface area contributed by atoms with Gasteiger partial charge in [0.15, 0.2) is 11.5 Å². The summed E-state index contributed by atoms with van der Waals surface area (Å²) in [6, 6.07) is 9.57. The van der Waals surface area contributed by atoms with E-state index in [4.69, 9.17) is 9.47 Å². The predicted octanol–water partition coefficient (Wildman–Crippen LogP) is 5.56. The van der Waals surface area contributed by atoms with Gasteiger partial charge in [0.05, 0.1) is 25.8 Å². The van der Waals surface area contributed by atoms with Gasteiger partial charge in [0.2, 0.25) is 0 Å². The molecule has 0 saturated carbocycles. The molecule has 0 aliphatic carbocycles. The van der Waals surface area contributed by atoms with Crippen LogP contribution in [0.2, 0.25) is 0 Å². The Morgan fingerprint density at radius 2 is 1.53 bits per heavy atom. The Balaban J connectivity index is 1.98. The Bertz CT molecular complexity index is 1120. The summed E-state index contributed by atoms with van der Waals surface area (Å²) in [4.78, 5) is 30.5. The van der Waals surface area contributed by atoms with Crippen LogP contribution in [0.3, 0.4) is 0 Å². The van der Waals surface area contributed by atoms with Gasteiger partial charge in [0.1, 0.15) is 11.6 Å². The third-order valence-electron chi connectivity index (χ3n) is 6.91. The van der Waals surface area contributed by atoms with E-state index in [9.17, 15) is 19.1 Å². The van der Waals surface area contributed by atoms with Gasteiger partial charge in [0, 0.05) is 12.1 Å². The monoisotopic (exact) mass is 526 g/mol. The first-order chi connectivity index (χ1) is 18.4. The van der Waals surface area contributed by atoms with Crippen molar-refractivity contribution < 1.29 is 28.6 Å². The van der Waals surface area contributed by atoms with Crippen LogP contribution in [0.25, 0.3) is 5.76 Å². The highest BCUT2D eigenvalue weighted by Gasteiger charge is 2.46. The molecule has 2 aromatic carbocycles. The number of carbonyl (C=O) groups excluding carboxylic acids is 2. The molecule has 1 fully saturated rings. The second-order valence-corrected chi connectivity index (χ2v) is 9.52. The highest BCUT2D eigenvalue weighted by atomic mass is 19.1. The number of hydrogen-bond acceptors (Lipinski definition) is 6. The normalized spacial score (nSPS) is 16.9. The summed E-state index contributed by atoms with van der Waals surface area (Å²) in [5, 5.41) is 11.2. The number of amides is 1. The predicted molar refractivity (Wildman–Crippen MR) is 146 cm³/mol. The van der Waals surface area contributed by atoms with Crippen LogP contribution in [-0.2, 0) is 9.59 Å². The molecule has 1 aliphatic rings. The van der Waals surface area contributed by atoms with Gasteiger partial charge in [-0.2, -0.15) is 0 Å². The first kappa shape index (κ1) is 29.2. The van der Waals surface area contributed by atoms with Crippen molar-refractivity contribution in [3.63, 3.8) is 0 Å². The molecule has 1 N–H and O–H groups in total. The van der Waals surface area contributed by atoms with Crippen molar-refractivity contribution in [3.8, 4) is 11.5 Å². The molecule has 0 bridgehead atoms. The lowest BCUT2D eigenvalue weighted by Crippen LogP contribution is -2.34. The number of ketones is 1. The maximum Gasteiger partial charge on any atom is 0.295 e. The summed E-state index contributed by atoms with van der Waals surface area (Å²) in [5.41, 5.74) is 0.849. The van der Waals surface area contributed by atoms with Gasteiger partial charge in [-0.25, -0.2) is 4.39 Å². The van der Waals surface area contributed by atoms with Crippen LogP contribution < -0.4 is 9.47 Å². The molecule has 1 heterocycles. The summed E-state index contributed by atoms with van der Waals surface area (Å²) >= 11 is 0. The Morgan fingerprint density at radius 3 is 2.11 bits per heavy atom. The fourth-order valence-corrected chi connectivity index (χ4v) is 4.81. The fraction of sp³-hybridized carbons (Fsp3) is 0.467. The smallest absolute Gasteiger partial charge is 0.295 e. The standard InChI is InChI=1S/C30H39FN2O5/c1-5-7-16-32(17-8-6-2)18-9-19-33-27(22-12-15-24(37-3)25(20-22)38-4)26(29(35)30(33)36)28(34)21-10-13-23(31)14-11-21/h10-15,20,27,34H,5-9,16-19H2,1-4H3/t27-/m1/s1. The van der Waals surface area contributed by atoms with Crippen molar-refractivity contribution >= 4 is 17.4 Å². The zero-order valence-electron chi connectivity index (χ0n) is 22.8. The van der Waals surface area contributed by atoms with E-state index >= 15 is 0 Å². The molecule has 206 valence electrons. The second kappa shape index (κ2) is 14.0. The van der Waals surface area contributed by atoms with Gasteiger partial charge < -0.3 is 24.4 Å². The lowest BCUT2D eigenvalue weighted by molar-refractivity contribution is -0.140. The molecule has 0 spiro atoms. The number of aliphatic hydroxyl groups is 1. The largest absolute Gasteiger partial charge is 0.507 e. The Morgan fingerprint density at radius 1 is 0.921 bits per heavy atom. The average Bonchev–Trinajstić information content (AvgIpc) is 3.18. The minimum Gasteiger partial charge on any atom is -0.507 e. The summed E-state index contributed by atoms with van der Waals surface area (Å²) in [6.07, 6.45) is 5.12. The maximum atomic E-state index is 13.5. The number of halogens is 1. The zero-order chi connectivity index (χ0) is 27.7. The van der Waals surface area contributed by atoms with Crippen molar-refractivity contribution in [1.29, 1.82) is 0 Å². The van der Waals surface area contributed by atoms with E-state index in [1.807, 2.05) is 0 Å². The van der Waals surface area contributed by atoms with Gasteiger partial charge in [-0.15, -0.1) is 0 Å². The number of carbonyl (C=O) groups is 2. The van der Waals surface area contributed by atoms with E-state index in [1.54, 1.807) is 18.2 Å². The number of aliphatic hydroxyl groups excluding tert-OH is 1. The number of hydrogen-bond donors (Lipinski definition) is 1. The number of methoxy groups -OCH3 is 2. The van der Waals surface area contributed by atoms with Gasteiger partial charge >= 0.3 is 0 Å². The number of rotatable bonds is 14. The van der Waals surface area contributed by atoms with E-state index < -0.39 is 23.5 Å². The Kier molecular flexibility index (Phi) is 10.7. The van der Waals surface area contributed by atoms with Crippen LogP contribution in [0, 0.1) is 5.82 Å². The van der Waals surface area contributed by atoms with Crippen molar-refractivity contribution in [2.45, 2.75) is 52.0 Å². The Labute approximate surface area is 224 Å². The molecule has 1 atom stereocenters. The molecule has 1 amide bonds. The van der Waals surface area contributed by atoms with Crippen molar-refractivity contribution in [2.75, 3.05) is 40.4 Å². The lowest BCUT2D eigenvalue weighted by Gasteiger charge is -2.28. The molecule has 0 radical (unpaired) electrons. The summed E-state index contributed by atoms with van der Waals surface area (Å²) in [5.74, 6) is -1.27. The SMILES string of the molecule is CCCCN(CCCC)CCCN1C(=O)C(=O)C(=C(O)c2ccc(F)cc2)[C@H]1c1ccc(OC)c(OC)c1. The van der Waals surface area contributed by atoms with E-state index in [0.29, 0.717) is 30.0 Å². The quantitative estimate of drug-likeness (QED) is 0.197. The number of ether oxygens (including phenoxy) is 2. The molecular formula is C30H39FN2O5. The molecule has 38 heavy (non-hydrogen) atoms. The average molecular weight is 527 g/mol. The summed E-state index contributed by atoms with van der Waals surface area (Å²) < 4.78 is 24.4. The lowest BCUT2D eigenvalue weighted by atomic mass is 9.95. The molecule has 0 unspecified atom stereocenters. The third-order valence-corrected chi connectivity index (χ3v) is 6.91. The number of likely N-dealkylation sites (tertiary alicyclic amines) is 1. The summed E-state index contributed by atoms with van der Waals surface area (Å²) in [6.45, 7) is 7.49. The van der Waals surface area contributed by atoms with Crippen LogP contribution in [0.15, 0.2) is 48.0 Å². The minimum atomic E-state index is -0.820. The molecule has 3 rings (SSSR count). The highest BCUT2D eigenvalue weighted by molar-refractivity contribution is 6.46. The van der Waals surface area contributed by atoms with Crippen LogP contribution in [0.1, 0.15) is 63.1 Å². The first-order valence-corrected chi connectivity index (χ1v) is 13.3. The van der Waals surface area contributed by atoms with Crippen molar-refractivity contribution in [2.24, 2.45) is 0 Å². The van der Waals surface area contributed by atoms with Crippen LogP contribution in [0.5, 0.6) is 11.5 Å². The Hall–Kier alpha value is -3.39. The van der Waals surface area contributed by atoms with Crippen molar-refractivity contribution in [1.82, 2.24) is 9.80 Å². The third kappa shape index (κ3) is 6.72. The molecule has 2 aromatic rings. The minimum absolute atomic E-state index is 0.0253. The van der Waals surface area contributed by atoms with Crippen LogP contribution in [0.4, 0.5) is 4.39 Å². The number of unbranched alkanes of at least 4 members (excludes halogenated alkanes) is 2. The number of Topliss-reactive ketones (excluding diaryl/α,β-unsaturated/α-hetero) is 1. The molecule has 7 nitrogen and oxygen atoms in total. The molecule has 8 heteroatoms. The molecule has 1 saturated heterocycles. The van der Waals surface area contributed by atoms with Gasteiger partial charge in [-0.3, -0.25) is 9.59 Å². The van der Waals surface area contributed by atoms with Gasteiger partial charge in [-0.05, 0) is 80.9 Å². The van der Waals surface area contributed by atoms with E-state index in [-0.39, 0.29) is 16.9 Å². The zero-order valence-corrected chi connectivity index (χ0v) is 22.8. The second-order valence-electron chi connectivity index (χ2n) is 9.52. The molecular weight excluding hydrogens is 487 g/mol. The fourth-order valence-electron chi connectivity index (χ4n) is 4.81. The van der Waals surface area contributed by atoms with Gasteiger partial charge in [-0.1, -0.05) is 32.8 Å². The van der Waals surface area contributed by atoms with Crippen molar-refractivity contribution in [3.05, 3.63) is 65.0 Å². The highest BCUT2D eigenvalue weighted by Crippen LogP contribution is 2.42. The molecule has 0 aromatic heterocycles. The topological polar surface area (TPSA) is 79.3 Å². The van der Waals surface area contributed by atoms with Gasteiger partial charge in [0.25, 0.3) is 11.7 Å². The number of benzene rings is 2. The van der Waals surface area contributed by atoms with Crippen LogP contribution >= 0.6 is 0 Å². The van der Waals surface area contributed by atoms with E-state index in [1.165, 1.54) is 43.4 Å². The number of nitrogens with zero attached hydrogens (tertiary/aromatic N) is 2. The first-order valence-electron chi connectivity index (χ1n) is 13.3. The molecule has 1 aliphatic heterocycles. The van der Waals surface area contributed by atoms with E-state index in [2.05, 4.69) is 18.7 Å². The van der Waals surface area contributed by atoms with E-state index in [0.717, 1.165) is 45.3 Å². The maximum absolute atomic E-state index is 13.5. The van der Waals surface area contributed by atoms with Crippen LogP contribution in [-0.4, -0.2) is 67.0 Å². The summed E-state index contributed by atoms with van der Waals surface area (Å²) in [7, 11) is 3.04.